The first-order valence-corrected chi connectivity index (χ1v) is 5.68. The molecule has 1 aromatic heterocycles. The predicted molar refractivity (Wildman–Crippen MR) is 71.9 cm³/mol. The number of carbonyl (C=O) groups excluding carboxylic acids is 1. The molecule has 0 aliphatic heterocycles. The molecule has 0 bridgehead atoms. The Morgan fingerprint density at radius 1 is 1.21 bits per heavy atom. The van der Waals surface area contributed by atoms with Gasteiger partial charge in [-0.3, -0.25) is 4.98 Å². The lowest BCUT2D eigenvalue weighted by Crippen LogP contribution is -2.04. The third kappa shape index (κ3) is 3.01. The molecular formula is C14H14N2O3. The second-order valence-corrected chi connectivity index (χ2v) is 3.77. The number of pyridine rings is 1. The number of nitrogens with one attached hydrogen (secondary N) is 1. The van der Waals surface area contributed by atoms with Crippen LogP contribution in [0.3, 0.4) is 0 Å². The van der Waals surface area contributed by atoms with Crippen LogP contribution in [0.25, 0.3) is 0 Å². The summed E-state index contributed by atoms with van der Waals surface area (Å²) in [7, 11) is 2.85. The molecule has 2 rings (SSSR count). The molecule has 0 fully saturated rings. The van der Waals surface area contributed by atoms with E-state index in [4.69, 9.17) is 4.74 Å². The van der Waals surface area contributed by atoms with Gasteiger partial charge in [0.1, 0.15) is 11.3 Å². The second-order valence-electron chi connectivity index (χ2n) is 3.77. The van der Waals surface area contributed by atoms with Crippen LogP contribution in [0.1, 0.15) is 10.4 Å². The molecule has 0 spiro atoms. The van der Waals surface area contributed by atoms with Crippen LogP contribution in [-0.2, 0) is 4.74 Å². The highest BCUT2D eigenvalue weighted by atomic mass is 16.5. The van der Waals surface area contributed by atoms with E-state index in [0.29, 0.717) is 11.3 Å². The highest BCUT2D eigenvalue weighted by Crippen LogP contribution is 2.25. The van der Waals surface area contributed by atoms with Crippen LogP contribution in [0, 0.1) is 0 Å². The molecule has 19 heavy (non-hydrogen) atoms. The van der Waals surface area contributed by atoms with Gasteiger partial charge in [0.15, 0.2) is 0 Å². The molecular weight excluding hydrogens is 244 g/mol. The maximum absolute atomic E-state index is 11.5. The van der Waals surface area contributed by atoms with E-state index in [1.54, 1.807) is 30.6 Å². The summed E-state index contributed by atoms with van der Waals surface area (Å²) in [5.74, 6) is 0.0329. The van der Waals surface area contributed by atoms with Crippen LogP contribution < -0.4 is 10.1 Å². The van der Waals surface area contributed by atoms with Crippen LogP contribution in [0.15, 0.2) is 42.7 Å². The molecule has 0 atom stereocenters. The summed E-state index contributed by atoms with van der Waals surface area (Å²) in [5.41, 5.74) is 2.05. The van der Waals surface area contributed by atoms with Crippen molar-refractivity contribution >= 4 is 17.3 Å². The highest BCUT2D eigenvalue weighted by molar-refractivity contribution is 5.93. The van der Waals surface area contributed by atoms with Gasteiger partial charge in [-0.2, -0.15) is 0 Å². The average molecular weight is 258 g/mol. The minimum absolute atomic E-state index is 0.390. The first kappa shape index (κ1) is 12.9. The molecule has 0 saturated carbocycles. The number of anilines is 2. The third-order valence-electron chi connectivity index (χ3n) is 2.56. The van der Waals surface area contributed by atoms with Crippen molar-refractivity contribution in [3.05, 3.63) is 48.3 Å². The average Bonchev–Trinajstić information content (AvgIpc) is 2.47. The summed E-state index contributed by atoms with van der Waals surface area (Å²) >= 11 is 0. The lowest BCUT2D eigenvalue weighted by atomic mass is 10.1. The Hall–Kier alpha value is -2.56. The van der Waals surface area contributed by atoms with Crippen LogP contribution in [0.5, 0.6) is 5.75 Å². The van der Waals surface area contributed by atoms with E-state index in [2.05, 4.69) is 15.0 Å². The SMILES string of the molecule is COC(=O)c1ccc(Nc2cccnc2)cc1OC. The van der Waals surface area contributed by atoms with Crippen molar-refractivity contribution in [3.63, 3.8) is 0 Å². The van der Waals surface area contributed by atoms with E-state index in [-0.39, 0.29) is 0 Å². The molecule has 0 aliphatic rings. The smallest absolute Gasteiger partial charge is 0.341 e. The van der Waals surface area contributed by atoms with Gasteiger partial charge in [-0.15, -0.1) is 0 Å². The van der Waals surface area contributed by atoms with Crippen molar-refractivity contribution < 1.29 is 14.3 Å². The van der Waals surface area contributed by atoms with Crippen molar-refractivity contribution in [3.8, 4) is 5.75 Å². The quantitative estimate of drug-likeness (QED) is 0.854. The maximum atomic E-state index is 11.5. The Morgan fingerprint density at radius 2 is 2.05 bits per heavy atom. The molecule has 1 aromatic carbocycles. The largest absolute Gasteiger partial charge is 0.496 e. The summed E-state index contributed by atoms with van der Waals surface area (Å²) in [5, 5.41) is 3.17. The lowest BCUT2D eigenvalue weighted by molar-refractivity contribution is 0.0597. The molecule has 1 N–H and O–H groups in total. The van der Waals surface area contributed by atoms with Gasteiger partial charge in [-0.05, 0) is 24.3 Å². The zero-order chi connectivity index (χ0) is 13.7. The first-order chi connectivity index (χ1) is 9.24. The zero-order valence-electron chi connectivity index (χ0n) is 10.7. The van der Waals surface area contributed by atoms with Crippen LogP contribution in [0.2, 0.25) is 0 Å². The fourth-order valence-corrected chi connectivity index (χ4v) is 1.65. The van der Waals surface area contributed by atoms with Gasteiger partial charge in [-0.25, -0.2) is 4.79 Å². The Labute approximate surface area is 111 Å². The third-order valence-corrected chi connectivity index (χ3v) is 2.56. The number of hydrogen-bond donors (Lipinski definition) is 1. The van der Waals surface area contributed by atoms with Gasteiger partial charge in [0.2, 0.25) is 0 Å². The highest BCUT2D eigenvalue weighted by Gasteiger charge is 2.12. The molecule has 98 valence electrons. The van der Waals surface area contributed by atoms with Gasteiger partial charge in [0, 0.05) is 18.0 Å². The molecule has 0 radical (unpaired) electrons. The predicted octanol–water partition coefficient (Wildman–Crippen LogP) is 2.62. The van der Waals surface area contributed by atoms with Crippen LogP contribution >= 0.6 is 0 Å². The van der Waals surface area contributed by atoms with Crippen molar-refractivity contribution in [2.24, 2.45) is 0 Å². The lowest BCUT2D eigenvalue weighted by Gasteiger charge is -2.10. The summed E-state index contributed by atoms with van der Waals surface area (Å²) in [6.45, 7) is 0. The van der Waals surface area contributed by atoms with Gasteiger partial charge in [-0.1, -0.05) is 0 Å². The molecule has 0 saturated heterocycles. The van der Waals surface area contributed by atoms with Gasteiger partial charge in [0.25, 0.3) is 0 Å². The number of hydrogen-bond acceptors (Lipinski definition) is 5. The number of carbonyl (C=O) groups is 1. The van der Waals surface area contributed by atoms with E-state index < -0.39 is 5.97 Å². The second kappa shape index (κ2) is 5.86. The standard InChI is InChI=1S/C14H14N2O3/c1-18-13-8-10(5-6-12(13)14(17)19-2)16-11-4-3-7-15-9-11/h3-9,16H,1-2H3. The number of methoxy groups -OCH3 is 2. The number of benzene rings is 1. The Balaban J connectivity index is 2.27. The first-order valence-electron chi connectivity index (χ1n) is 5.68. The molecule has 5 heteroatoms. The van der Waals surface area contributed by atoms with Crippen molar-refractivity contribution in [2.75, 3.05) is 19.5 Å². The van der Waals surface area contributed by atoms with E-state index in [1.165, 1.54) is 14.2 Å². The Kier molecular flexibility index (Phi) is 3.97. The topological polar surface area (TPSA) is 60.5 Å². The van der Waals surface area contributed by atoms with E-state index in [1.807, 2.05) is 12.1 Å². The number of rotatable bonds is 4. The fraction of sp³-hybridized carbons (Fsp3) is 0.143. The molecule has 5 nitrogen and oxygen atoms in total. The number of esters is 1. The maximum Gasteiger partial charge on any atom is 0.341 e. The minimum Gasteiger partial charge on any atom is -0.496 e. The van der Waals surface area contributed by atoms with Crippen LogP contribution in [-0.4, -0.2) is 25.2 Å². The summed E-state index contributed by atoms with van der Waals surface area (Å²) in [4.78, 5) is 15.5. The summed E-state index contributed by atoms with van der Waals surface area (Å²) < 4.78 is 9.88. The minimum atomic E-state index is -0.426. The molecule has 2 aromatic rings. The molecule has 0 unspecified atom stereocenters. The summed E-state index contributed by atoms with van der Waals surface area (Å²) in [6, 6.07) is 8.90. The summed E-state index contributed by atoms with van der Waals surface area (Å²) in [6.07, 6.45) is 3.41. The molecule has 0 amide bonds. The van der Waals surface area contributed by atoms with Crippen LogP contribution in [0.4, 0.5) is 11.4 Å². The number of nitrogens with zero attached hydrogens (tertiary/aromatic N) is 1. The van der Waals surface area contributed by atoms with Gasteiger partial charge in [0.05, 0.1) is 26.1 Å². The van der Waals surface area contributed by atoms with Crippen molar-refractivity contribution in [1.29, 1.82) is 0 Å². The van der Waals surface area contributed by atoms with Gasteiger partial charge >= 0.3 is 5.97 Å². The van der Waals surface area contributed by atoms with E-state index >= 15 is 0 Å². The van der Waals surface area contributed by atoms with Crippen molar-refractivity contribution in [1.82, 2.24) is 4.98 Å². The molecule has 0 aliphatic carbocycles. The number of aromatic nitrogens is 1. The molecule has 1 heterocycles. The fourth-order valence-electron chi connectivity index (χ4n) is 1.65. The zero-order valence-corrected chi connectivity index (χ0v) is 10.7. The number of ether oxygens (including phenoxy) is 2. The Bertz CT molecular complexity index is 570. The normalized spacial score (nSPS) is 9.79. The van der Waals surface area contributed by atoms with Gasteiger partial charge < -0.3 is 14.8 Å². The van der Waals surface area contributed by atoms with E-state index in [9.17, 15) is 4.79 Å². The van der Waals surface area contributed by atoms with Crippen molar-refractivity contribution in [2.45, 2.75) is 0 Å². The monoisotopic (exact) mass is 258 g/mol. The van der Waals surface area contributed by atoms with E-state index in [0.717, 1.165) is 11.4 Å². The Morgan fingerprint density at radius 3 is 2.68 bits per heavy atom.